The topological polar surface area (TPSA) is 89.9 Å². The third-order valence-corrected chi connectivity index (χ3v) is 6.48. The van der Waals surface area contributed by atoms with Crippen molar-refractivity contribution in [3.05, 3.63) is 64.7 Å². The Kier molecular flexibility index (Phi) is 5.90. The van der Waals surface area contributed by atoms with Gasteiger partial charge in [0.25, 0.3) is 5.91 Å². The van der Waals surface area contributed by atoms with Crippen molar-refractivity contribution in [2.75, 3.05) is 19.6 Å². The van der Waals surface area contributed by atoms with Crippen LogP contribution < -0.4 is 5.32 Å². The Morgan fingerprint density at radius 1 is 1.19 bits per heavy atom. The number of nitrogens with one attached hydrogen (secondary N) is 1. The summed E-state index contributed by atoms with van der Waals surface area (Å²) in [6, 6.07) is 8.25. The van der Waals surface area contributed by atoms with Crippen molar-refractivity contribution in [1.82, 2.24) is 10.2 Å². The maximum Gasteiger partial charge on any atom is 0.256 e. The average molecular weight is 444 g/mol. The zero-order valence-electron chi connectivity index (χ0n) is 17.8. The van der Waals surface area contributed by atoms with E-state index in [4.69, 9.17) is 0 Å². The highest BCUT2D eigenvalue weighted by Crippen LogP contribution is 2.53. The average Bonchev–Trinajstić information content (AvgIpc) is 2.69. The lowest BCUT2D eigenvalue weighted by Crippen LogP contribution is -2.64. The summed E-state index contributed by atoms with van der Waals surface area (Å²) in [5, 5.41) is 22.3. The normalized spacial score (nSPS) is 18.1. The SMILES string of the molecule is Cc1cc(F)c(C(=O)N2CC3(CC(CC(=O)NCC(O)c4cccc(O)c4)C3)C2)cc1F. The molecule has 1 unspecified atom stereocenters. The van der Waals surface area contributed by atoms with Gasteiger partial charge in [-0.05, 0) is 61.1 Å². The molecular weight excluding hydrogens is 418 g/mol. The number of amides is 2. The van der Waals surface area contributed by atoms with Crippen molar-refractivity contribution in [2.24, 2.45) is 11.3 Å². The number of rotatable bonds is 6. The van der Waals surface area contributed by atoms with Crippen LogP contribution in [0, 0.1) is 29.9 Å². The number of aliphatic hydroxyl groups excluding tert-OH is 1. The number of phenols is 1. The van der Waals surface area contributed by atoms with Crippen molar-refractivity contribution in [2.45, 2.75) is 32.3 Å². The van der Waals surface area contributed by atoms with E-state index in [0.717, 1.165) is 25.0 Å². The second-order valence-corrected chi connectivity index (χ2v) is 9.14. The summed E-state index contributed by atoms with van der Waals surface area (Å²) in [7, 11) is 0. The molecular formula is C24H26F2N2O4. The first-order valence-corrected chi connectivity index (χ1v) is 10.6. The molecule has 0 aromatic heterocycles. The van der Waals surface area contributed by atoms with Gasteiger partial charge in [-0.1, -0.05) is 12.1 Å². The lowest BCUT2D eigenvalue weighted by molar-refractivity contribution is -0.128. The van der Waals surface area contributed by atoms with Gasteiger partial charge in [0.1, 0.15) is 17.4 Å². The molecule has 6 nitrogen and oxygen atoms in total. The van der Waals surface area contributed by atoms with Crippen molar-refractivity contribution in [3.63, 3.8) is 0 Å². The number of benzene rings is 2. The van der Waals surface area contributed by atoms with Gasteiger partial charge in [-0.25, -0.2) is 8.78 Å². The molecule has 2 aromatic rings. The number of carbonyl (C=O) groups is 2. The van der Waals surface area contributed by atoms with Crippen LogP contribution in [0.2, 0.25) is 0 Å². The van der Waals surface area contributed by atoms with Crippen molar-refractivity contribution < 1.29 is 28.6 Å². The minimum Gasteiger partial charge on any atom is -0.508 e. The number of carbonyl (C=O) groups excluding carboxylic acids is 2. The molecule has 3 N–H and O–H groups in total. The van der Waals surface area contributed by atoms with Gasteiger partial charge in [-0.15, -0.1) is 0 Å². The van der Waals surface area contributed by atoms with Crippen LogP contribution in [0.15, 0.2) is 36.4 Å². The predicted molar refractivity (Wildman–Crippen MR) is 113 cm³/mol. The van der Waals surface area contributed by atoms with Gasteiger partial charge >= 0.3 is 0 Å². The lowest BCUT2D eigenvalue weighted by atomic mass is 9.57. The third-order valence-electron chi connectivity index (χ3n) is 6.48. The van der Waals surface area contributed by atoms with Gasteiger partial charge in [-0.3, -0.25) is 9.59 Å². The Morgan fingerprint density at radius 2 is 1.91 bits per heavy atom. The molecule has 2 fully saturated rings. The van der Waals surface area contributed by atoms with Crippen LogP contribution in [0.5, 0.6) is 5.75 Å². The molecule has 2 amide bonds. The van der Waals surface area contributed by atoms with E-state index in [1.807, 2.05) is 0 Å². The van der Waals surface area contributed by atoms with E-state index in [0.29, 0.717) is 25.1 Å². The van der Waals surface area contributed by atoms with Crippen molar-refractivity contribution in [1.29, 1.82) is 0 Å². The van der Waals surface area contributed by atoms with Crippen LogP contribution in [0.4, 0.5) is 8.78 Å². The number of phenolic OH excluding ortho intramolecular Hbond substituents is 1. The third kappa shape index (κ3) is 4.46. The first-order chi connectivity index (χ1) is 15.2. The Hall–Kier alpha value is -3.00. The zero-order valence-corrected chi connectivity index (χ0v) is 17.8. The highest BCUT2D eigenvalue weighted by atomic mass is 19.1. The molecule has 0 bridgehead atoms. The number of aliphatic hydroxyl groups is 1. The number of likely N-dealkylation sites (tertiary alicyclic amines) is 1. The molecule has 1 spiro atoms. The maximum absolute atomic E-state index is 14.1. The Morgan fingerprint density at radius 3 is 2.59 bits per heavy atom. The molecule has 8 heteroatoms. The predicted octanol–water partition coefficient (Wildman–Crippen LogP) is 3.07. The lowest BCUT2D eigenvalue weighted by Gasteiger charge is -2.59. The van der Waals surface area contributed by atoms with Gasteiger partial charge in [-0.2, -0.15) is 0 Å². The van der Waals surface area contributed by atoms with E-state index in [-0.39, 0.29) is 40.7 Å². The summed E-state index contributed by atoms with van der Waals surface area (Å²) in [5.74, 6) is -1.74. The first-order valence-electron chi connectivity index (χ1n) is 10.6. The molecule has 2 aliphatic rings. The van der Waals surface area contributed by atoms with Gasteiger partial charge in [0.15, 0.2) is 0 Å². The van der Waals surface area contributed by atoms with Crippen molar-refractivity contribution in [3.8, 4) is 5.75 Å². The molecule has 1 aliphatic carbocycles. The summed E-state index contributed by atoms with van der Waals surface area (Å²) < 4.78 is 27.8. The summed E-state index contributed by atoms with van der Waals surface area (Å²) in [4.78, 5) is 26.2. The molecule has 1 saturated carbocycles. The fraction of sp³-hybridized carbons (Fsp3) is 0.417. The second-order valence-electron chi connectivity index (χ2n) is 9.14. The van der Waals surface area contributed by atoms with Gasteiger partial charge in [0, 0.05) is 31.5 Å². The largest absolute Gasteiger partial charge is 0.508 e. The summed E-state index contributed by atoms with van der Waals surface area (Å²) >= 11 is 0. The number of nitrogens with zero attached hydrogens (tertiary/aromatic N) is 1. The molecule has 4 rings (SSSR count). The first kappa shape index (κ1) is 22.2. The highest BCUT2D eigenvalue weighted by Gasteiger charge is 2.54. The van der Waals surface area contributed by atoms with E-state index in [2.05, 4.69) is 5.32 Å². The molecule has 1 heterocycles. The Bertz CT molecular complexity index is 1040. The summed E-state index contributed by atoms with van der Waals surface area (Å²) in [6.07, 6.45) is 1.02. The number of aryl methyl sites for hydroxylation is 1. The van der Waals surface area contributed by atoms with Crippen molar-refractivity contribution >= 4 is 11.8 Å². The second kappa shape index (κ2) is 8.50. The minimum absolute atomic E-state index is 0.0403. The zero-order chi connectivity index (χ0) is 23.0. The molecule has 1 saturated heterocycles. The maximum atomic E-state index is 14.1. The minimum atomic E-state index is -0.906. The molecule has 170 valence electrons. The van der Waals surface area contributed by atoms with Gasteiger partial charge in [0.05, 0.1) is 11.7 Å². The highest BCUT2D eigenvalue weighted by molar-refractivity contribution is 5.95. The van der Waals surface area contributed by atoms with Gasteiger partial charge in [0.2, 0.25) is 5.91 Å². The van der Waals surface area contributed by atoms with Crippen LogP contribution in [0.1, 0.15) is 46.9 Å². The van der Waals surface area contributed by atoms with E-state index >= 15 is 0 Å². The molecule has 1 aliphatic heterocycles. The Balaban J connectivity index is 1.20. The smallest absolute Gasteiger partial charge is 0.256 e. The van der Waals surface area contributed by atoms with Crippen LogP contribution in [-0.4, -0.2) is 46.6 Å². The number of hydrogen-bond acceptors (Lipinski definition) is 4. The van der Waals surface area contributed by atoms with Gasteiger partial charge < -0.3 is 20.4 Å². The van der Waals surface area contributed by atoms with Crippen LogP contribution in [0.3, 0.4) is 0 Å². The fourth-order valence-electron chi connectivity index (χ4n) is 4.85. The molecule has 32 heavy (non-hydrogen) atoms. The standard InChI is InChI=1S/C24H26F2N2O4/c1-14-5-20(26)18(8-19(14)25)23(32)28-12-24(13-28)9-15(10-24)6-22(31)27-11-21(30)16-3-2-4-17(29)7-16/h2-5,7-8,15,21,29-30H,6,9-13H2,1H3,(H,27,31). The molecule has 2 aromatic carbocycles. The van der Waals surface area contributed by atoms with Crippen LogP contribution in [0.25, 0.3) is 0 Å². The van der Waals surface area contributed by atoms with E-state index in [1.54, 1.807) is 12.1 Å². The Labute approximate surface area is 184 Å². The van der Waals surface area contributed by atoms with Crippen LogP contribution in [-0.2, 0) is 4.79 Å². The van der Waals surface area contributed by atoms with Crippen LogP contribution >= 0.6 is 0 Å². The quantitative estimate of drug-likeness (QED) is 0.639. The number of halogens is 2. The van der Waals surface area contributed by atoms with E-state index < -0.39 is 23.6 Å². The van der Waals surface area contributed by atoms with E-state index in [9.17, 15) is 28.6 Å². The molecule has 0 radical (unpaired) electrons. The number of aromatic hydroxyl groups is 1. The number of hydrogen-bond donors (Lipinski definition) is 3. The summed E-state index contributed by atoms with van der Waals surface area (Å²) in [5.41, 5.74) is 0.399. The molecule has 1 atom stereocenters. The summed E-state index contributed by atoms with van der Waals surface area (Å²) in [6.45, 7) is 2.47. The monoisotopic (exact) mass is 444 g/mol. The fourth-order valence-corrected chi connectivity index (χ4v) is 4.85. The van der Waals surface area contributed by atoms with E-state index in [1.165, 1.54) is 24.0 Å².